The van der Waals surface area contributed by atoms with Crippen LogP contribution in [0.25, 0.3) is 16.8 Å². The van der Waals surface area contributed by atoms with E-state index >= 15 is 0 Å². The first-order valence-corrected chi connectivity index (χ1v) is 9.30. The van der Waals surface area contributed by atoms with Crippen LogP contribution in [-0.4, -0.2) is 18.6 Å². The molecule has 3 rings (SSSR count). The number of hydrogen-bond acceptors (Lipinski definition) is 3. The van der Waals surface area contributed by atoms with Crippen LogP contribution in [0.4, 0.5) is 0 Å². The van der Waals surface area contributed by atoms with E-state index in [0.29, 0.717) is 6.61 Å². The van der Waals surface area contributed by atoms with Crippen LogP contribution in [0.5, 0.6) is 5.75 Å². The second kappa shape index (κ2) is 8.53. The number of hydrogen-bond donors (Lipinski definition) is 1. The highest BCUT2D eigenvalue weighted by molar-refractivity contribution is 6.04. The van der Waals surface area contributed by atoms with Gasteiger partial charge in [0.05, 0.1) is 6.61 Å². The maximum Gasteiger partial charge on any atom is 0.262 e. The summed E-state index contributed by atoms with van der Waals surface area (Å²) in [5.41, 5.74) is 0.990. The minimum absolute atomic E-state index is 0.143. The lowest BCUT2D eigenvalue weighted by Gasteiger charge is -2.22. The second-order valence-corrected chi connectivity index (χ2v) is 6.61. The minimum Gasteiger partial charge on any atom is -0.493 e. The Balaban J connectivity index is 1.90. The van der Waals surface area contributed by atoms with E-state index in [9.17, 15) is 10.1 Å². The third kappa shape index (κ3) is 4.05. The third-order valence-electron chi connectivity index (χ3n) is 4.82. The first-order chi connectivity index (χ1) is 12.7. The molecule has 1 aliphatic carbocycles. The van der Waals surface area contributed by atoms with Gasteiger partial charge in [0, 0.05) is 11.4 Å². The maximum absolute atomic E-state index is 12.5. The SMILES string of the molecule is CCOc1ccc(/C=C(\C#N)C(=O)NC2CCCCC2)c2ccccc12. The van der Waals surface area contributed by atoms with Crippen molar-refractivity contribution in [3.8, 4) is 11.8 Å². The van der Waals surface area contributed by atoms with Crippen molar-refractivity contribution >= 4 is 22.8 Å². The number of nitrogens with one attached hydrogen (secondary N) is 1. The Kier molecular flexibility index (Phi) is 5.91. The molecule has 0 radical (unpaired) electrons. The Labute approximate surface area is 154 Å². The molecular formula is C22H24N2O2. The van der Waals surface area contributed by atoms with Crippen molar-refractivity contribution in [2.45, 2.75) is 45.1 Å². The van der Waals surface area contributed by atoms with Crippen molar-refractivity contribution in [3.63, 3.8) is 0 Å². The van der Waals surface area contributed by atoms with Gasteiger partial charge in [0.2, 0.25) is 0 Å². The van der Waals surface area contributed by atoms with E-state index < -0.39 is 0 Å². The lowest BCUT2D eigenvalue weighted by Crippen LogP contribution is -2.36. The van der Waals surface area contributed by atoms with Crippen molar-refractivity contribution in [2.75, 3.05) is 6.61 Å². The van der Waals surface area contributed by atoms with E-state index in [1.807, 2.05) is 43.3 Å². The number of rotatable bonds is 5. The van der Waals surface area contributed by atoms with Crippen LogP contribution in [0.15, 0.2) is 42.0 Å². The van der Waals surface area contributed by atoms with Crippen molar-refractivity contribution in [3.05, 3.63) is 47.5 Å². The Morgan fingerprint density at radius 2 is 1.92 bits per heavy atom. The summed E-state index contributed by atoms with van der Waals surface area (Å²) in [7, 11) is 0. The molecule has 2 aromatic carbocycles. The Hall–Kier alpha value is -2.80. The number of benzene rings is 2. The smallest absolute Gasteiger partial charge is 0.262 e. The summed E-state index contributed by atoms with van der Waals surface area (Å²) in [6.45, 7) is 2.54. The van der Waals surface area contributed by atoms with E-state index in [1.54, 1.807) is 6.08 Å². The number of amides is 1. The number of fused-ring (bicyclic) bond motifs is 1. The standard InChI is InChI=1S/C22H24N2O2/c1-2-26-21-13-12-16(19-10-6-7-11-20(19)21)14-17(15-23)22(25)24-18-8-4-3-5-9-18/h6-7,10-14,18H,2-5,8-9H2,1H3,(H,24,25)/b17-14+. The summed E-state index contributed by atoms with van der Waals surface area (Å²) in [5, 5.41) is 14.5. The minimum atomic E-state index is -0.280. The molecule has 134 valence electrons. The van der Waals surface area contributed by atoms with Crippen molar-refractivity contribution in [1.82, 2.24) is 5.32 Å². The summed E-state index contributed by atoms with van der Waals surface area (Å²) >= 11 is 0. The van der Waals surface area contributed by atoms with Gasteiger partial charge in [0.1, 0.15) is 17.4 Å². The highest BCUT2D eigenvalue weighted by atomic mass is 16.5. The zero-order valence-electron chi connectivity index (χ0n) is 15.1. The van der Waals surface area contributed by atoms with Crippen LogP contribution in [-0.2, 0) is 4.79 Å². The van der Waals surface area contributed by atoms with Crippen molar-refractivity contribution in [1.29, 1.82) is 5.26 Å². The summed E-state index contributed by atoms with van der Waals surface area (Å²) < 4.78 is 5.69. The fraction of sp³-hybridized carbons (Fsp3) is 0.364. The quantitative estimate of drug-likeness (QED) is 0.635. The number of nitrogens with zero attached hydrogens (tertiary/aromatic N) is 1. The molecular weight excluding hydrogens is 324 g/mol. The van der Waals surface area contributed by atoms with Crippen molar-refractivity contribution in [2.24, 2.45) is 0 Å². The highest BCUT2D eigenvalue weighted by Crippen LogP contribution is 2.30. The van der Waals surface area contributed by atoms with Gasteiger partial charge in [-0.15, -0.1) is 0 Å². The topological polar surface area (TPSA) is 62.1 Å². The molecule has 1 saturated carbocycles. The average molecular weight is 348 g/mol. The van der Waals surface area contributed by atoms with Crippen LogP contribution in [0, 0.1) is 11.3 Å². The number of ether oxygens (including phenoxy) is 1. The van der Waals surface area contributed by atoms with Gasteiger partial charge in [-0.2, -0.15) is 5.26 Å². The molecule has 4 nitrogen and oxygen atoms in total. The normalized spacial score (nSPS) is 15.5. The Morgan fingerprint density at radius 3 is 2.62 bits per heavy atom. The van der Waals surface area contributed by atoms with Crippen LogP contribution in [0.2, 0.25) is 0 Å². The first kappa shape index (κ1) is 18.0. The summed E-state index contributed by atoms with van der Waals surface area (Å²) in [6.07, 6.45) is 7.18. The summed E-state index contributed by atoms with van der Waals surface area (Å²) in [5.74, 6) is 0.530. The lowest BCUT2D eigenvalue weighted by atomic mass is 9.95. The van der Waals surface area contributed by atoms with E-state index in [2.05, 4.69) is 11.4 Å². The first-order valence-electron chi connectivity index (χ1n) is 9.30. The molecule has 26 heavy (non-hydrogen) atoms. The number of nitriles is 1. The zero-order chi connectivity index (χ0) is 18.4. The largest absolute Gasteiger partial charge is 0.493 e. The number of carbonyl (C=O) groups is 1. The molecule has 1 amide bonds. The average Bonchev–Trinajstić information content (AvgIpc) is 2.68. The molecule has 0 aromatic heterocycles. The third-order valence-corrected chi connectivity index (χ3v) is 4.82. The van der Waals surface area contributed by atoms with Crippen LogP contribution in [0.1, 0.15) is 44.6 Å². The fourth-order valence-corrected chi connectivity index (χ4v) is 3.52. The molecule has 0 unspecified atom stereocenters. The molecule has 0 heterocycles. The van der Waals surface area contributed by atoms with Gasteiger partial charge in [-0.05, 0) is 42.9 Å². The van der Waals surface area contributed by atoms with E-state index in [0.717, 1.165) is 47.8 Å². The molecule has 4 heteroatoms. The van der Waals surface area contributed by atoms with Gasteiger partial charge in [-0.3, -0.25) is 4.79 Å². The molecule has 1 fully saturated rings. The van der Waals surface area contributed by atoms with E-state index in [4.69, 9.17) is 4.74 Å². The van der Waals surface area contributed by atoms with Gasteiger partial charge >= 0.3 is 0 Å². The van der Waals surface area contributed by atoms with E-state index in [1.165, 1.54) is 6.42 Å². The molecule has 1 aliphatic rings. The van der Waals surface area contributed by atoms with Crippen LogP contribution in [0.3, 0.4) is 0 Å². The molecule has 0 spiro atoms. The Bertz CT molecular complexity index is 858. The van der Waals surface area contributed by atoms with Gasteiger partial charge in [-0.25, -0.2) is 0 Å². The predicted molar refractivity (Wildman–Crippen MR) is 104 cm³/mol. The van der Waals surface area contributed by atoms with Crippen LogP contribution >= 0.6 is 0 Å². The predicted octanol–water partition coefficient (Wildman–Crippen LogP) is 4.59. The van der Waals surface area contributed by atoms with E-state index in [-0.39, 0.29) is 17.5 Å². The monoisotopic (exact) mass is 348 g/mol. The van der Waals surface area contributed by atoms with Crippen LogP contribution < -0.4 is 10.1 Å². The van der Waals surface area contributed by atoms with Gasteiger partial charge < -0.3 is 10.1 Å². The zero-order valence-corrected chi connectivity index (χ0v) is 15.1. The maximum atomic E-state index is 12.5. The van der Waals surface area contributed by atoms with Crippen molar-refractivity contribution < 1.29 is 9.53 Å². The molecule has 0 bridgehead atoms. The molecule has 2 aromatic rings. The molecule has 0 aliphatic heterocycles. The molecule has 0 atom stereocenters. The number of carbonyl (C=O) groups excluding carboxylic acids is 1. The summed E-state index contributed by atoms with van der Waals surface area (Å²) in [4.78, 5) is 12.5. The Morgan fingerprint density at radius 1 is 1.19 bits per heavy atom. The highest BCUT2D eigenvalue weighted by Gasteiger charge is 2.18. The molecule has 0 saturated heterocycles. The summed E-state index contributed by atoms with van der Waals surface area (Å²) in [6, 6.07) is 13.9. The fourth-order valence-electron chi connectivity index (χ4n) is 3.52. The van der Waals surface area contributed by atoms with Gasteiger partial charge in [-0.1, -0.05) is 49.6 Å². The lowest BCUT2D eigenvalue weighted by molar-refractivity contribution is -0.117. The van der Waals surface area contributed by atoms with Gasteiger partial charge in [0.15, 0.2) is 0 Å². The second-order valence-electron chi connectivity index (χ2n) is 6.61. The van der Waals surface area contributed by atoms with Gasteiger partial charge in [0.25, 0.3) is 5.91 Å². The molecule has 1 N–H and O–H groups in total.